The van der Waals surface area contributed by atoms with Crippen molar-refractivity contribution in [2.45, 2.75) is 43.6 Å². The first-order valence-electron chi connectivity index (χ1n) is 6.38. The number of aryl methyl sites for hydroxylation is 1. The summed E-state index contributed by atoms with van der Waals surface area (Å²) in [5.41, 5.74) is 1.19. The molecular weight excluding hydrogens is 232 g/mol. The van der Waals surface area contributed by atoms with Gasteiger partial charge >= 0.3 is 0 Å². The van der Waals surface area contributed by atoms with E-state index in [2.05, 4.69) is 0 Å². The molecule has 4 atom stereocenters. The molecule has 92 valence electrons. The third-order valence-electron chi connectivity index (χ3n) is 4.10. The smallest absolute Gasteiger partial charge is 0.189 e. The molecule has 0 aliphatic heterocycles. The van der Waals surface area contributed by atoms with Gasteiger partial charge in [-0.3, -0.25) is 4.18 Å². The van der Waals surface area contributed by atoms with Gasteiger partial charge < -0.3 is 0 Å². The van der Waals surface area contributed by atoms with Crippen molar-refractivity contribution >= 4 is 11.1 Å². The van der Waals surface area contributed by atoms with E-state index in [1.165, 1.54) is 24.8 Å². The van der Waals surface area contributed by atoms with Crippen LogP contribution in [0.3, 0.4) is 0 Å². The van der Waals surface area contributed by atoms with Crippen LogP contribution in [0.15, 0.2) is 29.2 Å². The van der Waals surface area contributed by atoms with Crippen molar-refractivity contribution in [2.24, 2.45) is 11.8 Å². The Morgan fingerprint density at radius 2 is 1.94 bits per heavy atom. The summed E-state index contributed by atoms with van der Waals surface area (Å²) in [6, 6.07) is 7.77. The summed E-state index contributed by atoms with van der Waals surface area (Å²) >= 11 is -1.28. The Bertz CT molecular complexity index is 426. The lowest BCUT2D eigenvalue weighted by Gasteiger charge is -2.20. The second-order valence-corrected chi connectivity index (χ2v) is 6.49. The van der Waals surface area contributed by atoms with Crippen LogP contribution in [0.25, 0.3) is 0 Å². The van der Waals surface area contributed by atoms with Crippen molar-refractivity contribution in [3.8, 4) is 0 Å². The average molecular weight is 250 g/mol. The van der Waals surface area contributed by atoms with Gasteiger partial charge in [-0.25, -0.2) is 4.21 Å². The Morgan fingerprint density at radius 3 is 2.53 bits per heavy atom. The zero-order chi connectivity index (χ0) is 11.8. The highest BCUT2D eigenvalue weighted by Gasteiger charge is 2.41. The Hall–Kier alpha value is -0.670. The van der Waals surface area contributed by atoms with Gasteiger partial charge in [-0.05, 0) is 56.6 Å². The normalized spacial score (nSPS) is 32.9. The summed E-state index contributed by atoms with van der Waals surface area (Å²) < 4.78 is 17.8. The molecule has 0 aromatic heterocycles. The van der Waals surface area contributed by atoms with E-state index in [0.717, 1.165) is 17.2 Å². The van der Waals surface area contributed by atoms with Gasteiger partial charge in [-0.15, -0.1) is 0 Å². The molecule has 1 unspecified atom stereocenters. The minimum Gasteiger partial charge on any atom is -0.283 e. The molecule has 0 N–H and O–H groups in total. The molecular formula is C14H18O2S. The molecule has 3 heteroatoms. The molecule has 0 saturated heterocycles. The van der Waals surface area contributed by atoms with Crippen molar-refractivity contribution in [3.05, 3.63) is 29.8 Å². The predicted molar refractivity (Wildman–Crippen MR) is 67.9 cm³/mol. The largest absolute Gasteiger partial charge is 0.283 e. The molecule has 17 heavy (non-hydrogen) atoms. The van der Waals surface area contributed by atoms with Gasteiger partial charge in [0.1, 0.15) is 0 Å². The number of hydrogen-bond donors (Lipinski definition) is 0. The SMILES string of the molecule is Cc1ccc(S(=O)O[C@H]2C[C@H]3CC[C@@H]2C3)cc1. The van der Waals surface area contributed by atoms with Gasteiger partial charge in [-0.1, -0.05) is 17.7 Å². The summed E-state index contributed by atoms with van der Waals surface area (Å²) in [4.78, 5) is 0.790. The maximum Gasteiger partial charge on any atom is 0.189 e. The third-order valence-corrected chi connectivity index (χ3v) is 5.18. The minimum absolute atomic E-state index is 0.232. The van der Waals surface area contributed by atoms with Gasteiger partial charge in [0, 0.05) is 0 Å². The molecule has 1 aromatic carbocycles. The fourth-order valence-corrected chi connectivity index (χ4v) is 4.05. The van der Waals surface area contributed by atoms with E-state index in [1.807, 2.05) is 31.2 Å². The molecule has 0 heterocycles. The van der Waals surface area contributed by atoms with Crippen molar-refractivity contribution in [2.75, 3.05) is 0 Å². The maximum absolute atomic E-state index is 12.1. The van der Waals surface area contributed by atoms with E-state index in [0.29, 0.717) is 5.92 Å². The summed E-state index contributed by atoms with van der Waals surface area (Å²) in [6.07, 6.45) is 5.25. The van der Waals surface area contributed by atoms with Gasteiger partial charge in [0.15, 0.2) is 11.1 Å². The van der Waals surface area contributed by atoms with E-state index in [-0.39, 0.29) is 6.10 Å². The molecule has 0 radical (unpaired) electrons. The second-order valence-electron chi connectivity index (χ2n) is 5.36. The first-order chi connectivity index (χ1) is 8.22. The molecule has 2 aliphatic carbocycles. The first kappa shape index (κ1) is 11.4. The lowest BCUT2D eigenvalue weighted by molar-refractivity contribution is 0.156. The standard InChI is InChI=1S/C14H18O2S/c1-10-2-6-13(7-3-10)17(15)16-14-9-11-4-5-12(14)8-11/h2-3,6-7,11-12,14H,4-5,8-9H2,1H3/t11-,12+,14-,17?/m0/s1. The van der Waals surface area contributed by atoms with Crippen LogP contribution in [0.5, 0.6) is 0 Å². The number of benzene rings is 1. The highest BCUT2D eigenvalue weighted by molar-refractivity contribution is 7.80. The summed E-state index contributed by atoms with van der Waals surface area (Å²) in [7, 11) is 0. The van der Waals surface area contributed by atoms with Crippen LogP contribution in [0.2, 0.25) is 0 Å². The fourth-order valence-electron chi connectivity index (χ4n) is 3.12. The van der Waals surface area contributed by atoms with Gasteiger partial charge in [0.25, 0.3) is 0 Å². The highest BCUT2D eigenvalue weighted by Crippen LogP contribution is 2.46. The molecule has 0 spiro atoms. The van der Waals surface area contributed by atoms with E-state index < -0.39 is 11.1 Å². The monoisotopic (exact) mass is 250 g/mol. The number of rotatable bonds is 3. The van der Waals surface area contributed by atoms with Crippen molar-refractivity contribution in [1.82, 2.24) is 0 Å². The average Bonchev–Trinajstić information content (AvgIpc) is 2.91. The number of fused-ring (bicyclic) bond motifs is 2. The Morgan fingerprint density at radius 1 is 1.18 bits per heavy atom. The van der Waals surface area contributed by atoms with E-state index in [9.17, 15) is 4.21 Å². The van der Waals surface area contributed by atoms with Gasteiger partial charge in [0.2, 0.25) is 0 Å². The lowest BCUT2D eigenvalue weighted by Crippen LogP contribution is -2.21. The van der Waals surface area contributed by atoms with E-state index in [1.54, 1.807) is 0 Å². The zero-order valence-electron chi connectivity index (χ0n) is 10.1. The third kappa shape index (κ3) is 2.31. The Kier molecular flexibility index (Phi) is 3.05. The molecule has 2 saturated carbocycles. The van der Waals surface area contributed by atoms with Crippen LogP contribution in [-0.2, 0) is 15.3 Å². The van der Waals surface area contributed by atoms with Crippen LogP contribution in [0.4, 0.5) is 0 Å². The molecule has 1 aromatic rings. The van der Waals surface area contributed by atoms with Gasteiger partial charge in [0.05, 0.1) is 11.0 Å². The molecule has 3 rings (SSSR count). The second kappa shape index (κ2) is 4.54. The minimum atomic E-state index is -1.28. The predicted octanol–water partition coefficient (Wildman–Crippen LogP) is 3.22. The van der Waals surface area contributed by atoms with Crippen LogP contribution in [0.1, 0.15) is 31.2 Å². The Balaban J connectivity index is 1.65. The summed E-state index contributed by atoms with van der Waals surface area (Å²) in [6.45, 7) is 2.03. The van der Waals surface area contributed by atoms with Crippen LogP contribution >= 0.6 is 0 Å². The van der Waals surface area contributed by atoms with Crippen LogP contribution < -0.4 is 0 Å². The first-order valence-corrected chi connectivity index (χ1v) is 7.45. The fraction of sp³-hybridized carbons (Fsp3) is 0.571. The molecule has 0 amide bonds. The lowest BCUT2D eigenvalue weighted by atomic mass is 9.98. The molecule has 2 fully saturated rings. The maximum atomic E-state index is 12.1. The van der Waals surface area contributed by atoms with Crippen molar-refractivity contribution in [3.63, 3.8) is 0 Å². The molecule has 2 bridgehead atoms. The van der Waals surface area contributed by atoms with Gasteiger partial charge in [-0.2, -0.15) is 0 Å². The quantitative estimate of drug-likeness (QED) is 0.823. The van der Waals surface area contributed by atoms with Crippen molar-refractivity contribution in [1.29, 1.82) is 0 Å². The summed E-state index contributed by atoms with van der Waals surface area (Å²) in [5, 5.41) is 0. The molecule has 2 aliphatic rings. The molecule has 2 nitrogen and oxygen atoms in total. The van der Waals surface area contributed by atoms with E-state index in [4.69, 9.17) is 4.18 Å². The zero-order valence-corrected chi connectivity index (χ0v) is 10.9. The van der Waals surface area contributed by atoms with E-state index >= 15 is 0 Å². The highest BCUT2D eigenvalue weighted by atomic mass is 32.2. The summed E-state index contributed by atoms with van der Waals surface area (Å²) in [5.74, 6) is 1.49. The topological polar surface area (TPSA) is 26.3 Å². The Labute approximate surface area is 105 Å². The van der Waals surface area contributed by atoms with Crippen LogP contribution in [-0.4, -0.2) is 10.3 Å². The van der Waals surface area contributed by atoms with Crippen molar-refractivity contribution < 1.29 is 8.39 Å². The van der Waals surface area contributed by atoms with Crippen LogP contribution in [0, 0.1) is 18.8 Å². The number of hydrogen-bond acceptors (Lipinski definition) is 2.